The van der Waals surface area contributed by atoms with Gasteiger partial charge in [-0.3, -0.25) is 0 Å². The Balaban J connectivity index is 1.78. The van der Waals surface area contributed by atoms with Crippen LogP contribution in [0.1, 0.15) is 46.5 Å². The van der Waals surface area contributed by atoms with Gasteiger partial charge >= 0.3 is 6.09 Å². The van der Waals surface area contributed by atoms with Gasteiger partial charge in [-0.05, 0) is 58.3 Å². The van der Waals surface area contributed by atoms with Crippen molar-refractivity contribution in [2.24, 2.45) is 11.8 Å². The summed E-state index contributed by atoms with van der Waals surface area (Å²) in [6.07, 6.45) is 4.91. The van der Waals surface area contributed by atoms with E-state index in [-0.39, 0.29) is 6.09 Å². The van der Waals surface area contributed by atoms with E-state index in [0.29, 0.717) is 24.9 Å². The van der Waals surface area contributed by atoms with Crippen molar-refractivity contribution >= 4 is 16.1 Å². The summed E-state index contributed by atoms with van der Waals surface area (Å²) in [6, 6.07) is 0. The zero-order valence-corrected chi connectivity index (χ0v) is 15.6. The Morgan fingerprint density at radius 1 is 0.957 bits per heavy atom. The summed E-state index contributed by atoms with van der Waals surface area (Å²) in [4.78, 5) is 13.9. The summed E-state index contributed by atoms with van der Waals surface area (Å²) >= 11 is 0. The van der Waals surface area contributed by atoms with Gasteiger partial charge in [-0.2, -0.15) is 0 Å². The van der Waals surface area contributed by atoms with Gasteiger partial charge in [0.05, 0.1) is 6.26 Å². The SMILES string of the molecule is CC(C)(C)OC(=O)N1CCC(C2CCN(S(C)(=O)=O)CC2)CC1. The first-order valence-corrected chi connectivity index (χ1v) is 10.3. The first kappa shape index (κ1) is 18.5. The van der Waals surface area contributed by atoms with Crippen LogP contribution < -0.4 is 0 Å². The highest BCUT2D eigenvalue weighted by atomic mass is 32.2. The fraction of sp³-hybridized carbons (Fsp3) is 0.938. The zero-order chi connectivity index (χ0) is 17.3. The lowest BCUT2D eigenvalue weighted by molar-refractivity contribution is 0.0144. The predicted molar refractivity (Wildman–Crippen MR) is 89.7 cm³/mol. The highest BCUT2D eigenvalue weighted by molar-refractivity contribution is 7.88. The van der Waals surface area contributed by atoms with Crippen molar-refractivity contribution in [3.05, 3.63) is 0 Å². The van der Waals surface area contributed by atoms with E-state index >= 15 is 0 Å². The Hall–Kier alpha value is -0.820. The molecule has 0 bridgehead atoms. The van der Waals surface area contributed by atoms with Crippen LogP contribution in [0.4, 0.5) is 4.79 Å². The lowest BCUT2D eigenvalue weighted by Gasteiger charge is -2.39. The average molecular weight is 346 g/mol. The molecular formula is C16H30N2O4S. The monoisotopic (exact) mass is 346 g/mol. The maximum atomic E-state index is 12.1. The summed E-state index contributed by atoms with van der Waals surface area (Å²) in [5.74, 6) is 1.17. The van der Waals surface area contributed by atoms with E-state index in [4.69, 9.17) is 4.74 Å². The van der Waals surface area contributed by atoms with Gasteiger partial charge in [0.15, 0.2) is 0 Å². The molecule has 1 amide bonds. The van der Waals surface area contributed by atoms with Crippen molar-refractivity contribution < 1.29 is 17.9 Å². The van der Waals surface area contributed by atoms with Crippen molar-refractivity contribution in [1.82, 2.24) is 9.21 Å². The molecule has 0 aromatic heterocycles. The molecule has 2 aliphatic heterocycles. The number of rotatable bonds is 2. The summed E-state index contributed by atoms with van der Waals surface area (Å²) < 4.78 is 30.1. The van der Waals surface area contributed by atoms with Crippen LogP contribution >= 0.6 is 0 Å². The molecule has 6 nitrogen and oxygen atoms in total. The van der Waals surface area contributed by atoms with E-state index in [1.54, 1.807) is 9.21 Å². The molecule has 0 unspecified atom stereocenters. The maximum Gasteiger partial charge on any atom is 0.410 e. The van der Waals surface area contributed by atoms with Gasteiger partial charge in [0.25, 0.3) is 0 Å². The average Bonchev–Trinajstić information content (AvgIpc) is 2.45. The molecule has 2 aliphatic rings. The van der Waals surface area contributed by atoms with Crippen molar-refractivity contribution in [3.8, 4) is 0 Å². The van der Waals surface area contributed by atoms with Crippen LogP contribution in [-0.2, 0) is 14.8 Å². The van der Waals surface area contributed by atoms with E-state index in [0.717, 1.165) is 38.8 Å². The number of ether oxygens (including phenoxy) is 1. The Bertz CT molecular complexity index is 511. The second kappa shape index (κ2) is 6.97. The van der Waals surface area contributed by atoms with E-state index < -0.39 is 15.6 Å². The van der Waals surface area contributed by atoms with Crippen LogP contribution in [0.25, 0.3) is 0 Å². The second-order valence-electron chi connectivity index (χ2n) is 7.80. The molecule has 0 N–H and O–H groups in total. The number of carbonyl (C=O) groups excluding carboxylic acids is 1. The predicted octanol–water partition coefficient (Wildman–Crippen LogP) is 2.31. The van der Waals surface area contributed by atoms with Crippen molar-refractivity contribution in [2.75, 3.05) is 32.4 Å². The largest absolute Gasteiger partial charge is 0.444 e. The second-order valence-corrected chi connectivity index (χ2v) is 9.79. The third-order valence-corrected chi connectivity index (χ3v) is 6.13. The normalized spacial score (nSPS) is 23.0. The number of likely N-dealkylation sites (tertiary alicyclic amines) is 1. The summed E-state index contributed by atoms with van der Waals surface area (Å²) in [6.45, 7) is 8.40. The molecule has 2 heterocycles. The fourth-order valence-corrected chi connectivity index (χ4v) is 4.43. The summed E-state index contributed by atoms with van der Waals surface area (Å²) in [5, 5.41) is 0. The molecule has 23 heavy (non-hydrogen) atoms. The first-order valence-electron chi connectivity index (χ1n) is 8.49. The molecular weight excluding hydrogens is 316 g/mol. The van der Waals surface area contributed by atoms with E-state index in [9.17, 15) is 13.2 Å². The number of piperidine rings is 2. The zero-order valence-electron chi connectivity index (χ0n) is 14.7. The molecule has 0 aromatic rings. The van der Waals surface area contributed by atoms with Gasteiger partial charge in [0.1, 0.15) is 5.60 Å². The standard InChI is InChI=1S/C16H30N2O4S/c1-16(2,3)22-15(19)17-9-5-13(6-10-17)14-7-11-18(12-8-14)23(4,20)21/h13-14H,5-12H2,1-4H3. The fourth-order valence-electron chi connectivity index (χ4n) is 3.56. The third kappa shape index (κ3) is 5.35. The van der Waals surface area contributed by atoms with Crippen molar-refractivity contribution in [2.45, 2.75) is 52.1 Å². The number of nitrogens with zero attached hydrogens (tertiary/aromatic N) is 2. The minimum absolute atomic E-state index is 0.220. The smallest absolute Gasteiger partial charge is 0.410 e. The minimum Gasteiger partial charge on any atom is -0.444 e. The van der Waals surface area contributed by atoms with E-state index in [1.165, 1.54) is 6.26 Å². The number of amides is 1. The molecule has 2 rings (SSSR count). The molecule has 7 heteroatoms. The summed E-state index contributed by atoms with van der Waals surface area (Å²) in [5.41, 5.74) is -0.452. The number of carbonyl (C=O) groups is 1. The highest BCUT2D eigenvalue weighted by Gasteiger charge is 2.33. The van der Waals surface area contributed by atoms with Gasteiger partial charge in [0, 0.05) is 26.2 Å². The van der Waals surface area contributed by atoms with Crippen LogP contribution in [0, 0.1) is 11.8 Å². The number of hydrogen-bond acceptors (Lipinski definition) is 4. The van der Waals surface area contributed by atoms with Gasteiger partial charge in [0.2, 0.25) is 10.0 Å². The topological polar surface area (TPSA) is 66.9 Å². The molecule has 0 radical (unpaired) electrons. The molecule has 2 saturated heterocycles. The van der Waals surface area contributed by atoms with E-state index in [1.807, 2.05) is 20.8 Å². The number of sulfonamides is 1. The Kier molecular flexibility index (Phi) is 5.61. The minimum atomic E-state index is -3.05. The van der Waals surface area contributed by atoms with Crippen molar-refractivity contribution in [3.63, 3.8) is 0 Å². The molecule has 0 atom stereocenters. The Labute approximate surface area is 140 Å². The van der Waals surface area contributed by atoms with Crippen LogP contribution in [0.3, 0.4) is 0 Å². The molecule has 0 aromatic carbocycles. The van der Waals surface area contributed by atoms with Gasteiger partial charge in [-0.15, -0.1) is 0 Å². The molecule has 0 saturated carbocycles. The molecule has 0 spiro atoms. The van der Waals surface area contributed by atoms with Gasteiger partial charge in [-0.1, -0.05) is 0 Å². The first-order chi connectivity index (χ1) is 10.6. The highest BCUT2D eigenvalue weighted by Crippen LogP contribution is 2.33. The Morgan fingerprint density at radius 2 is 1.39 bits per heavy atom. The Morgan fingerprint density at radius 3 is 1.78 bits per heavy atom. The van der Waals surface area contributed by atoms with Crippen LogP contribution in [-0.4, -0.2) is 61.8 Å². The summed E-state index contributed by atoms with van der Waals surface area (Å²) in [7, 11) is -3.05. The molecule has 134 valence electrons. The van der Waals surface area contributed by atoms with Crippen LogP contribution in [0.2, 0.25) is 0 Å². The van der Waals surface area contributed by atoms with Gasteiger partial charge < -0.3 is 9.64 Å². The van der Waals surface area contributed by atoms with Crippen LogP contribution in [0.15, 0.2) is 0 Å². The molecule has 2 fully saturated rings. The van der Waals surface area contributed by atoms with Crippen LogP contribution in [0.5, 0.6) is 0 Å². The maximum absolute atomic E-state index is 12.1. The van der Waals surface area contributed by atoms with E-state index in [2.05, 4.69) is 0 Å². The third-order valence-electron chi connectivity index (χ3n) is 4.83. The molecule has 0 aliphatic carbocycles. The number of hydrogen-bond donors (Lipinski definition) is 0. The van der Waals surface area contributed by atoms with Gasteiger partial charge in [-0.25, -0.2) is 17.5 Å². The quantitative estimate of drug-likeness (QED) is 0.769. The lowest BCUT2D eigenvalue weighted by atomic mass is 9.79. The lowest BCUT2D eigenvalue weighted by Crippen LogP contribution is -2.45. The van der Waals surface area contributed by atoms with Crippen molar-refractivity contribution in [1.29, 1.82) is 0 Å².